The largest absolute Gasteiger partial charge is 0.460 e. The van der Waals surface area contributed by atoms with Crippen molar-refractivity contribution < 1.29 is 14.6 Å². The van der Waals surface area contributed by atoms with Crippen molar-refractivity contribution in [2.45, 2.75) is 116 Å². The van der Waals surface area contributed by atoms with E-state index in [1.807, 2.05) is 6.92 Å². The van der Waals surface area contributed by atoms with Crippen molar-refractivity contribution in [3.05, 3.63) is 12.2 Å². The SMILES string of the molecule is CCCCCCCCC=CCCCCCCCC(=O)OC(CC)CO. The highest BCUT2D eigenvalue weighted by Crippen LogP contribution is 2.10. The Hall–Kier alpha value is -0.830. The summed E-state index contributed by atoms with van der Waals surface area (Å²) in [5, 5.41) is 9.00. The third-order valence-electron chi connectivity index (χ3n) is 4.60. The molecule has 1 unspecified atom stereocenters. The van der Waals surface area contributed by atoms with E-state index < -0.39 is 0 Å². The number of hydrogen-bond acceptors (Lipinski definition) is 3. The van der Waals surface area contributed by atoms with Gasteiger partial charge in [-0.2, -0.15) is 0 Å². The van der Waals surface area contributed by atoms with Crippen molar-refractivity contribution in [1.82, 2.24) is 0 Å². The Balaban J connectivity index is 3.28. The number of aliphatic hydroxyl groups is 1. The number of carbonyl (C=O) groups excluding carboxylic acids is 1. The smallest absolute Gasteiger partial charge is 0.306 e. The van der Waals surface area contributed by atoms with Crippen LogP contribution >= 0.6 is 0 Å². The molecule has 0 radical (unpaired) electrons. The summed E-state index contributed by atoms with van der Waals surface area (Å²) >= 11 is 0. The normalized spacial score (nSPS) is 12.6. The Kier molecular flexibility index (Phi) is 18.8. The zero-order valence-corrected chi connectivity index (χ0v) is 16.8. The van der Waals surface area contributed by atoms with Crippen molar-refractivity contribution in [3.8, 4) is 0 Å². The predicted molar refractivity (Wildman–Crippen MR) is 107 cm³/mol. The molecule has 1 atom stereocenters. The predicted octanol–water partition coefficient (Wildman–Crippen LogP) is 6.34. The zero-order chi connectivity index (χ0) is 18.6. The van der Waals surface area contributed by atoms with Crippen LogP contribution in [0.15, 0.2) is 12.2 Å². The highest BCUT2D eigenvalue weighted by molar-refractivity contribution is 5.69. The second-order valence-electron chi connectivity index (χ2n) is 7.04. The van der Waals surface area contributed by atoms with Crippen LogP contribution in [0.5, 0.6) is 0 Å². The van der Waals surface area contributed by atoms with Crippen LogP contribution in [0.1, 0.15) is 110 Å². The van der Waals surface area contributed by atoms with Gasteiger partial charge in [-0.1, -0.05) is 77.4 Å². The molecule has 0 amide bonds. The molecule has 0 spiro atoms. The number of ether oxygens (including phenoxy) is 1. The maximum atomic E-state index is 11.6. The van der Waals surface area contributed by atoms with Crippen LogP contribution in [0.3, 0.4) is 0 Å². The number of rotatable bonds is 18. The number of allylic oxidation sites excluding steroid dienone is 2. The Bertz CT molecular complexity index is 308. The highest BCUT2D eigenvalue weighted by atomic mass is 16.5. The summed E-state index contributed by atoms with van der Waals surface area (Å²) in [5.41, 5.74) is 0. The fourth-order valence-electron chi connectivity index (χ4n) is 2.83. The summed E-state index contributed by atoms with van der Waals surface area (Å²) in [6.45, 7) is 4.10. The van der Waals surface area contributed by atoms with Gasteiger partial charge in [0.1, 0.15) is 6.10 Å². The lowest BCUT2D eigenvalue weighted by Crippen LogP contribution is -2.20. The number of hydrogen-bond donors (Lipinski definition) is 1. The monoisotopic (exact) mass is 354 g/mol. The average Bonchev–Trinajstić information content (AvgIpc) is 2.62. The van der Waals surface area contributed by atoms with Crippen molar-refractivity contribution >= 4 is 5.97 Å². The standard InChI is InChI=1S/C22H42O3/c1-3-5-6-7-8-9-10-11-12-13-14-15-16-17-18-19-22(24)25-21(4-2)20-23/h11-12,21,23H,3-10,13-20H2,1-2H3. The summed E-state index contributed by atoms with van der Waals surface area (Å²) in [6, 6.07) is 0. The number of aliphatic hydroxyl groups excluding tert-OH is 1. The van der Waals surface area contributed by atoms with Gasteiger partial charge in [0.2, 0.25) is 0 Å². The molecule has 0 bridgehead atoms. The fraction of sp³-hybridized carbons (Fsp3) is 0.864. The van der Waals surface area contributed by atoms with Crippen molar-refractivity contribution in [2.75, 3.05) is 6.61 Å². The van der Waals surface area contributed by atoms with Gasteiger partial charge < -0.3 is 9.84 Å². The Labute approximate surface area is 156 Å². The van der Waals surface area contributed by atoms with Gasteiger partial charge in [0.05, 0.1) is 6.61 Å². The minimum absolute atomic E-state index is 0.0748. The van der Waals surface area contributed by atoms with Gasteiger partial charge >= 0.3 is 5.97 Å². The van der Waals surface area contributed by atoms with Gasteiger partial charge in [-0.05, 0) is 38.5 Å². The van der Waals surface area contributed by atoms with Crippen molar-refractivity contribution in [1.29, 1.82) is 0 Å². The lowest BCUT2D eigenvalue weighted by atomic mass is 10.1. The van der Waals surface area contributed by atoms with Gasteiger partial charge in [0, 0.05) is 6.42 Å². The molecule has 0 aromatic carbocycles. The Morgan fingerprint density at radius 1 is 0.840 bits per heavy atom. The molecule has 0 aromatic rings. The topological polar surface area (TPSA) is 46.5 Å². The van der Waals surface area contributed by atoms with E-state index in [-0.39, 0.29) is 18.7 Å². The second kappa shape index (κ2) is 19.5. The quantitative estimate of drug-likeness (QED) is 0.177. The van der Waals surface area contributed by atoms with E-state index in [1.54, 1.807) is 0 Å². The molecule has 3 nitrogen and oxygen atoms in total. The Morgan fingerprint density at radius 3 is 1.88 bits per heavy atom. The minimum atomic E-state index is -0.323. The summed E-state index contributed by atoms with van der Waals surface area (Å²) < 4.78 is 5.17. The molecule has 1 N–H and O–H groups in total. The van der Waals surface area contributed by atoms with E-state index in [1.165, 1.54) is 70.6 Å². The van der Waals surface area contributed by atoms with Crippen LogP contribution in [0, 0.1) is 0 Å². The van der Waals surface area contributed by atoms with Gasteiger partial charge in [0.15, 0.2) is 0 Å². The van der Waals surface area contributed by atoms with Crippen molar-refractivity contribution in [2.24, 2.45) is 0 Å². The molecule has 148 valence electrons. The van der Waals surface area contributed by atoms with E-state index in [4.69, 9.17) is 9.84 Å². The molecule has 3 heteroatoms. The number of unbranched alkanes of at least 4 members (excludes halogenated alkanes) is 11. The third-order valence-corrected chi connectivity index (χ3v) is 4.60. The fourth-order valence-corrected chi connectivity index (χ4v) is 2.83. The molecular formula is C22H42O3. The highest BCUT2D eigenvalue weighted by Gasteiger charge is 2.10. The van der Waals surface area contributed by atoms with Crippen LogP contribution in [0.25, 0.3) is 0 Å². The van der Waals surface area contributed by atoms with Gasteiger partial charge in [0.25, 0.3) is 0 Å². The molecule has 0 aromatic heterocycles. The van der Waals surface area contributed by atoms with E-state index in [0.717, 1.165) is 12.8 Å². The zero-order valence-electron chi connectivity index (χ0n) is 16.8. The molecule has 0 saturated carbocycles. The molecule has 0 rings (SSSR count). The van der Waals surface area contributed by atoms with Crippen LogP contribution in [-0.4, -0.2) is 23.8 Å². The second-order valence-corrected chi connectivity index (χ2v) is 7.04. The molecule has 0 aliphatic rings. The summed E-state index contributed by atoms with van der Waals surface area (Å²) in [4.78, 5) is 11.6. The Morgan fingerprint density at radius 2 is 1.36 bits per heavy atom. The van der Waals surface area contributed by atoms with E-state index in [9.17, 15) is 4.79 Å². The first kappa shape index (κ1) is 24.2. The van der Waals surface area contributed by atoms with Gasteiger partial charge in [-0.25, -0.2) is 0 Å². The molecule has 25 heavy (non-hydrogen) atoms. The molecule has 0 fully saturated rings. The third kappa shape index (κ3) is 17.8. The first-order valence-electron chi connectivity index (χ1n) is 10.7. The lowest BCUT2D eigenvalue weighted by Gasteiger charge is -2.12. The first-order valence-corrected chi connectivity index (χ1v) is 10.7. The van der Waals surface area contributed by atoms with Gasteiger partial charge in [-0.15, -0.1) is 0 Å². The summed E-state index contributed by atoms with van der Waals surface area (Å²) in [5.74, 6) is -0.168. The maximum Gasteiger partial charge on any atom is 0.306 e. The van der Waals surface area contributed by atoms with E-state index in [2.05, 4.69) is 19.1 Å². The van der Waals surface area contributed by atoms with Gasteiger partial charge in [-0.3, -0.25) is 4.79 Å². The minimum Gasteiger partial charge on any atom is -0.460 e. The summed E-state index contributed by atoms with van der Waals surface area (Å²) in [6.07, 6.45) is 21.8. The van der Waals surface area contributed by atoms with E-state index >= 15 is 0 Å². The lowest BCUT2D eigenvalue weighted by molar-refractivity contribution is -0.151. The van der Waals surface area contributed by atoms with Crippen LogP contribution in [-0.2, 0) is 9.53 Å². The molecular weight excluding hydrogens is 312 g/mol. The number of esters is 1. The molecule has 0 heterocycles. The van der Waals surface area contributed by atoms with Crippen LogP contribution in [0.2, 0.25) is 0 Å². The van der Waals surface area contributed by atoms with Crippen LogP contribution < -0.4 is 0 Å². The number of carbonyl (C=O) groups is 1. The van der Waals surface area contributed by atoms with Crippen LogP contribution in [0.4, 0.5) is 0 Å². The summed E-state index contributed by atoms with van der Waals surface area (Å²) in [7, 11) is 0. The molecule has 0 saturated heterocycles. The first-order chi connectivity index (χ1) is 12.2. The maximum absolute atomic E-state index is 11.6. The molecule has 0 aliphatic heterocycles. The van der Waals surface area contributed by atoms with Crippen molar-refractivity contribution in [3.63, 3.8) is 0 Å². The van der Waals surface area contributed by atoms with E-state index in [0.29, 0.717) is 12.8 Å². The molecule has 0 aliphatic carbocycles. The average molecular weight is 355 g/mol.